The number of nitrogen functional groups attached to an aromatic ring is 1. The van der Waals surface area contributed by atoms with Crippen LogP contribution < -0.4 is 21.9 Å². The lowest BCUT2D eigenvalue weighted by Crippen LogP contribution is -2.39. The summed E-state index contributed by atoms with van der Waals surface area (Å²) in [5, 5.41) is 0.910. The summed E-state index contributed by atoms with van der Waals surface area (Å²) in [6.07, 6.45) is 4.83. The van der Waals surface area contributed by atoms with E-state index in [2.05, 4.69) is 17.1 Å². The standard InChI is InChI=1S/C25H24N4O4/c1-28(21(30)12-18-14-33-20-11-17-9-5-8-16(17)10-19(18)20)22-23(26)29(25(32)27-24(22)31)13-15-6-3-2-4-7-15/h2-4,6-7,10-11,14H,5,8-9,12-13,26H2,1H3,(H,27,31,32). The number of aromatic nitrogens is 2. The predicted molar refractivity (Wildman–Crippen MR) is 127 cm³/mol. The van der Waals surface area contributed by atoms with Crippen LogP contribution >= 0.6 is 0 Å². The van der Waals surface area contributed by atoms with Gasteiger partial charge in [-0.3, -0.25) is 19.1 Å². The van der Waals surface area contributed by atoms with Gasteiger partial charge >= 0.3 is 5.69 Å². The third-order valence-electron chi connectivity index (χ3n) is 6.32. The molecule has 3 N–H and O–H groups in total. The number of nitrogens with zero attached hydrogens (tertiary/aromatic N) is 2. The molecule has 0 fully saturated rings. The molecule has 0 bridgehead atoms. The highest BCUT2D eigenvalue weighted by Crippen LogP contribution is 2.31. The van der Waals surface area contributed by atoms with Crippen LogP contribution in [0.5, 0.6) is 0 Å². The first-order valence-electron chi connectivity index (χ1n) is 10.9. The molecule has 8 heteroatoms. The minimum Gasteiger partial charge on any atom is -0.464 e. The van der Waals surface area contributed by atoms with Crippen LogP contribution in [0.1, 0.15) is 28.7 Å². The summed E-state index contributed by atoms with van der Waals surface area (Å²) in [7, 11) is 1.49. The van der Waals surface area contributed by atoms with Gasteiger partial charge in [0.05, 0.1) is 19.2 Å². The van der Waals surface area contributed by atoms with Crippen molar-refractivity contribution in [3.05, 3.63) is 91.8 Å². The number of fused-ring (bicyclic) bond motifs is 2. The molecule has 2 heterocycles. The molecule has 0 saturated heterocycles. The third kappa shape index (κ3) is 3.73. The molecule has 2 aromatic heterocycles. The van der Waals surface area contributed by atoms with E-state index in [1.165, 1.54) is 27.6 Å². The molecule has 0 radical (unpaired) electrons. The number of nitrogens with two attached hydrogens (primary N) is 1. The van der Waals surface area contributed by atoms with Gasteiger partial charge in [-0.15, -0.1) is 0 Å². The number of H-pyrrole nitrogens is 1. The normalized spacial score (nSPS) is 12.8. The topological polar surface area (TPSA) is 114 Å². The summed E-state index contributed by atoms with van der Waals surface area (Å²) in [4.78, 5) is 41.6. The SMILES string of the molecule is CN(C(=O)Cc1coc2cc3c(cc12)CCC3)c1c(N)n(Cc2ccccc2)c(=O)[nH]c1=O. The van der Waals surface area contributed by atoms with Crippen molar-refractivity contribution in [1.29, 1.82) is 0 Å². The van der Waals surface area contributed by atoms with Gasteiger partial charge in [0.15, 0.2) is 5.69 Å². The monoisotopic (exact) mass is 444 g/mol. The van der Waals surface area contributed by atoms with Crippen LogP contribution in [0.15, 0.2) is 62.7 Å². The van der Waals surface area contributed by atoms with Gasteiger partial charge in [-0.05, 0) is 48.1 Å². The third-order valence-corrected chi connectivity index (χ3v) is 6.32. The zero-order valence-corrected chi connectivity index (χ0v) is 18.3. The number of furan rings is 1. The van der Waals surface area contributed by atoms with Crippen molar-refractivity contribution < 1.29 is 9.21 Å². The Hall–Kier alpha value is -4.07. The van der Waals surface area contributed by atoms with E-state index in [0.29, 0.717) is 0 Å². The van der Waals surface area contributed by atoms with E-state index >= 15 is 0 Å². The molecule has 1 amide bonds. The lowest BCUT2D eigenvalue weighted by atomic mass is 10.0. The number of amides is 1. The molecular weight excluding hydrogens is 420 g/mol. The lowest BCUT2D eigenvalue weighted by molar-refractivity contribution is -0.117. The first-order chi connectivity index (χ1) is 15.9. The number of rotatable bonds is 5. The Bertz CT molecular complexity index is 1480. The Morgan fingerprint density at radius 2 is 1.88 bits per heavy atom. The second-order valence-corrected chi connectivity index (χ2v) is 8.43. The zero-order valence-electron chi connectivity index (χ0n) is 18.3. The van der Waals surface area contributed by atoms with E-state index in [-0.39, 0.29) is 30.4 Å². The summed E-state index contributed by atoms with van der Waals surface area (Å²) in [6, 6.07) is 13.4. The quantitative estimate of drug-likeness (QED) is 0.491. The predicted octanol–water partition coefficient (Wildman–Crippen LogP) is 2.61. The van der Waals surface area contributed by atoms with Gasteiger partial charge in [0, 0.05) is 18.0 Å². The molecule has 1 aliphatic carbocycles. The van der Waals surface area contributed by atoms with E-state index in [1.54, 1.807) is 6.26 Å². The van der Waals surface area contributed by atoms with Gasteiger partial charge in [-0.2, -0.15) is 0 Å². The second kappa shape index (κ2) is 8.12. The summed E-state index contributed by atoms with van der Waals surface area (Å²) in [6.45, 7) is 0.175. The van der Waals surface area contributed by atoms with Crippen LogP contribution in [0.4, 0.5) is 11.5 Å². The molecule has 0 unspecified atom stereocenters. The average Bonchev–Trinajstić information content (AvgIpc) is 3.42. The van der Waals surface area contributed by atoms with Crippen molar-refractivity contribution in [2.75, 3.05) is 17.7 Å². The summed E-state index contributed by atoms with van der Waals surface area (Å²) < 4.78 is 6.96. The van der Waals surface area contributed by atoms with Crippen molar-refractivity contribution in [3.63, 3.8) is 0 Å². The van der Waals surface area contributed by atoms with E-state index in [4.69, 9.17) is 10.2 Å². The maximum Gasteiger partial charge on any atom is 0.330 e. The van der Waals surface area contributed by atoms with Crippen molar-refractivity contribution >= 4 is 28.4 Å². The van der Waals surface area contributed by atoms with E-state index in [0.717, 1.165) is 41.4 Å². The Balaban J connectivity index is 1.46. The number of carbonyl (C=O) groups is 1. The second-order valence-electron chi connectivity index (χ2n) is 8.43. The number of anilines is 2. The van der Waals surface area contributed by atoms with Gasteiger partial charge in [-0.25, -0.2) is 4.79 Å². The molecule has 0 spiro atoms. The molecule has 0 atom stereocenters. The number of benzene rings is 2. The molecule has 1 aliphatic rings. The van der Waals surface area contributed by atoms with Crippen LogP contribution in [0, 0.1) is 0 Å². The van der Waals surface area contributed by atoms with Crippen LogP contribution in [-0.4, -0.2) is 22.5 Å². The number of carbonyl (C=O) groups excluding carboxylic acids is 1. The molecule has 168 valence electrons. The van der Waals surface area contributed by atoms with Crippen LogP contribution in [-0.2, 0) is 30.6 Å². The minimum atomic E-state index is -0.701. The van der Waals surface area contributed by atoms with Crippen molar-refractivity contribution in [2.24, 2.45) is 0 Å². The molecule has 5 rings (SSSR count). The summed E-state index contributed by atoms with van der Waals surface area (Å²) in [5.41, 5.74) is 9.80. The highest BCUT2D eigenvalue weighted by atomic mass is 16.3. The number of aromatic amines is 1. The van der Waals surface area contributed by atoms with Crippen molar-refractivity contribution in [3.8, 4) is 0 Å². The van der Waals surface area contributed by atoms with Gasteiger partial charge < -0.3 is 15.1 Å². The smallest absolute Gasteiger partial charge is 0.330 e. The van der Waals surface area contributed by atoms with Crippen LogP contribution in [0.2, 0.25) is 0 Å². The van der Waals surface area contributed by atoms with Gasteiger partial charge in [0.25, 0.3) is 5.56 Å². The molecule has 33 heavy (non-hydrogen) atoms. The molecular formula is C25H24N4O4. The van der Waals surface area contributed by atoms with Crippen LogP contribution in [0.3, 0.4) is 0 Å². The Kier molecular flexibility index (Phi) is 5.12. The molecule has 8 nitrogen and oxygen atoms in total. The van der Waals surface area contributed by atoms with Crippen LogP contribution in [0.25, 0.3) is 11.0 Å². The highest BCUT2D eigenvalue weighted by Gasteiger charge is 2.23. The molecule has 2 aromatic carbocycles. The van der Waals surface area contributed by atoms with E-state index < -0.39 is 11.2 Å². The number of hydrogen-bond donors (Lipinski definition) is 2. The minimum absolute atomic E-state index is 0.0407. The molecule has 4 aromatic rings. The van der Waals surface area contributed by atoms with Crippen molar-refractivity contribution in [1.82, 2.24) is 9.55 Å². The first-order valence-corrected chi connectivity index (χ1v) is 10.9. The number of likely N-dealkylation sites (N-methyl/N-ethyl adjacent to an activating group) is 1. The van der Waals surface area contributed by atoms with Gasteiger partial charge in [0.1, 0.15) is 11.4 Å². The summed E-state index contributed by atoms with van der Waals surface area (Å²) >= 11 is 0. The number of aryl methyl sites for hydroxylation is 2. The molecule has 0 aliphatic heterocycles. The maximum atomic E-state index is 13.1. The fourth-order valence-electron chi connectivity index (χ4n) is 4.52. The van der Waals surface area contributed by atoms with Crippen molar-refractivity contribution in [2.45, 2.75) is 32.2 Å². The fraction of sp³-hybridized carbons (Fsp3) is 0.240. The lowest BCUT2D eigenvalue weighted by Gasteiger charge is -2.20. The Labute approximate surface area is 189 Å². The van der Waals surface area contributed by atoms with Gasteiger partial charge in [0.2, 0.25) is 5.91 Å². The molecule has 0 saturated carbocycles. The zero-order chi connectivity index (χ0) is 23.1. The largest absolute Gasteiger partial charge is 0.464 e. The highest BCUT2D eigenvalue weighted by molar-refractivity contribution is 5.98. The average molecular weight is 444 g/mol. The Morgan fingerprint density at radius 1 is 1.15 bits per heavy atom. The maximum absolute atomic E-state index is 13.1. The van der Waals surface area contributed by atoms with E-state index in [1.807, 2.05) is 30.3 Å². The number of hydrogen-bond acceptors (Lipinski definition) is 5. The van der Waals surface area contributed by atoms with Gasteiger partial charge in [-0.1, -0.05) is 30.3 Å². The number of nitrogens with one attached hydrogen (secondary N) is 1. The Morgan fingerprint density at radius 3 is 2.64 bits per heavy atom. The first kappa shape index (κ1) is 20.8. The van der Waals surface area contributed by atoms with E-state index in [9.17, 15) is 14.4 Å². The summed E-state index contributed by atoms with van der Waals surface area (Å²) in [5.74, 6) is -0.390. The fourth-order valence-corrected chi connectivity index (χ4v) is 4.52.